The molecule has 1 aliphatic rings. The summed E-state index contributed by atoms with van der Waals surface area (Å²) >= 11 is 0. The molecule has 0 saturated carbocycles. The van der Waals surface area contributed by atoms with Gasteiger partial charge in [0.1, 0.15) is 0 Å². The van der Waals surface area contributed by atoms with Crippen LogP contribution in [0.5, 0.6) is 0 Å². The van der Waals surface area contributed by atoms with Crippen molar-refractivity contribution < 1.29 is 10.2 Å². The molecule has 1 heterocycles. The van der Waals surface area contributed by atoms with Gasteiger partial charge in [0.05, 0.1) is 19.3 Å². The third-order valence-corrected chi connectivity index (χ3v) is 1.96. The van der Waals surface area contributed by atoms with Crippen molar-refractivity contribution in [2.45, 2.75) is 6.04 Å². The molecule has 0 aliphatic carbocycles. The molecule has 1 atom stereocenters. The summed E-state index contributed by atoms with van der Waals surface area (Å²) in [5, 5.41) is 17.6. The van der Waals surface area contributed by atoms with Crippen LogP contribution in [0.2, 0.25) is 0 Å². The van der Waals surface area contributed by atoms with Crippen LogP contribution in [0.3, 0.4) is 0 Å². The van der Waals surface area contributed by atoms with E-state index in [4.69, 9.17) is 10.2 Å². The first-order valence-corrected chi connectivity index (χ1v) is 3.40. The Morgan fingerprint density at radius 3 is 2.80 bits per heavy atom. The zero-order valence-corrected chi connectivity index (χ0v) is 6.12. The van der Waals surface area contributed by atoms with Crippen molar-refractivity contribution in [3.8, 4) is 0 Å². The average Bonchev–Trinajstić information content (AvgIpc) is 2.30. The molecule has 1 aliphatic heterocycles. The lowest BCUT2D eigenvalue weighted by Crippen LogP contribution is -2.32. The molecule has 3 heteroatoms. The largest absolute Gasteiger partial charge is 0.394 e. The van der Waals surface area contributed by atoms with E-state index in [0.29, 0.717) is 0 Å². The number of aliphatic hydroxyl groups is 2. The molecule has 2 N–H and O–H groups in total. The smallest absolute Gasteiger partial charge is 0.0658 e. The van der Waals surface area contributed by atoms with E-state index in [1.165, 1.54) is 0 Å². The monoisotopic (exact) mass is 143 g/mol. The Hall–Kier alpha value is -0.380. The second-order valence-corrected chi connectivity index (χ2v) is 2.58. The molecule has 1 unspecified atom stereocenters. The minimum atomic E-state index is 0.0463. The van der Waals surface area contributed by atoms with Crippen LogP contribution < -0.4 is 0 Å². The van der Waals surface area contributed by atoms with Gasteiger partial charge in [0, 0.05) is 6.54 Å². The maximum atomic E-state index is 8.84. The van der Waals surface area contributed by atoms with Gasteiger partial charge >= 0.3 is 0 Å². The summed E-state index contributed by atoms with van der Waals surface area (Å²) in [4.78, 5) is 2.01. The summed E-state index contributed by atoms with van der Waals surface area (Å²) < 4.78 is 0. The first-order valence-electron chi connectivity index (χ1n) is 3.40. The quantitative estimate of drug-likeness (QED) is 0.498. The first-order chi connectivity index (χ1) is 4.79. The molecule has 0 aromatic carbocycles. The van der Waals surface area contributed by atoms with Crippen LogP contribution in [0.25, 0.3) is 0 Å². The van der Waals surface area contributed by atoms with Gasteiger partial charge in [-0.05, 0) is 12.6 Å². The summed E-state index contributed by atoms with van der Waals surface area (Å²) in [5.74, 6) is 0. The van der Waals surface area contributed by atoms with Crippen molar-refractivity contribution in [2.24, 2.45) is 0 Å². The van der Waals surface area contributed by atoms with E-state index in [0.717, 1.165) is 12.1 Å². The fourth-order valence-corrected chi connectivity index (χ4v) is 1.23. The Labute approximate surface area is 60.6 Å². The maximum Gasteiger partial charge on any atom is 0.0658 e. The molecule has 0 aromatic heterocycles. The third-order valence-electron chi connectivity index (χ3n) is 1.96. The van der Waals surface area contributed by atoms with E-state index >= 15 is 0 Å². The second-order valence-electron chi connectivity index (χ2n) is 2.58. The highest BCUT2D eigenvalue weighted by Gasteiger charge is 2.21. The summed E-state index contributed by atoms with van der Waals surface area (Å²) in [6, 6.07) is 0.0463. The van der Waals surface area contributed by atoms with Gasteiger partial charge in [-0.15, -0.1) is 0 Å². The van der Waals surface area contributed by atoms with Crippen molar-refractivity contribution in [3.05, 3.63) is 11.6 Å². The molecule has 58 valence electrons. The number of hydrogen-bond donors (Lipinski definition) is 2. The highest BCUT2D eigenvalue weighted by Crippen LogP contribution is 2.14. The lowest BCUT2D eigenvalue weighted by molar-refractivity contribution is 0.181. The molecule has 0 radical (unpaired) electrons. The topological polar surface area (TPSA) is 43.7 Å². The fourth-order valence-electron chi connectivity index (χ4n) is 1.23. The molecular weight excluding hydrogens is 130 g/mol. The van der Waals surface area contributed by atoms with Crippen molar-refractivity contribution in [1.82, 2.24) is 4.90 Å². The zero-order valence-electron chi connectivity index (χ0n) is 6.12. The van der Waals surface area contributed by atoms with Gasteiger partial charge in [0.15, 0.2) is 0 Å². The van der Waals surface area contributed by atoms with Crippen LogP contribution in [0.15, 0.2) is 11.6 Å². The Morgan fingerprint density at radius 1 is 1.70 bits per heavy atom. The maximum absolute atomic E-state index is 8.84. The predicted octanol–water partition coefficient (Wildman–Crippen LogP) is -0.789. The standard InChI is InChI=1S/C7H13NO2/c1-8-3-2-6(4-9)7(8)5-10/h2,7,9-10H,3-5H2,1H3. The number of rotatable bonds is 2. The molecule has 0 amide bonds. The van der Waals surface area contributed by atoms with Gasteiger partial charge in [-0.2, -0.15) is 0 Å². The van der Waals surface area contributed by atoms with Crippen LogP contribution in [-0.4, -0.2) is 48.0 Å². The second kappa shape index (κ2) is 3.14. The van der Waals surface area contributed by atoms with Crippen LogP contribution in [0.1, 0.15) is 0 Å². The minimum Gasteiger partial charge on any atom is -0.394 e. The zero-order chi connectivity index (χ0) is 7.56. The molecule has 0 aromatic rings. The van der Waals surface area contributed by atoms with E-state index < -0.39 is 0 Å². The molecule has 1 rings (SSSR count). The first kappa shape index (κ1) is 7.72. The number of aliphatic hydroxyl groups excluding tert-OH is 2. The molecule has 0 fully saturated rings. The van der Waals surface area contributed by atoms with Crippen molar-refractivity contribution in [3.63, 3.8) is 0 Å². The van der Waals surface area contributed by atoms with Crippen LogP contribution in [-0.2, 0) is 0 Å². The van der Waals surface area contributed by atoms with Gasteiger partial charge < -0.3 is 10.2 Å². The van der Waals surface area contributed by atoms with E-state index in [-0.39, 0.29) is 19.3 Å². The molecule has 0 spiro atoms. The van der Waals surface area contributed by atoms with E-state index in [1.54, 1.807) is 0 Å². The summed E-state index contributed by atoms with van der Waals surface area (Å²) in [6.07, 6.45) is 1.96. The molecule has 3 nitrogen and oxygen atoms in total. The Balaban J connectivity index is 2.57. The van der Waals surface area contributed by atoms with E-state index in [1.807, 2.05) is 18.0 Å². The summed E-state index contributed by atoms with van der Waals surface area (Å²) in [5.41, 5.74) is 0.935. The van der Waals surface area contributed by atoms with Gasteiger partial charge in [-0.25, -0.2) is 0 Å². The lowest BCUT2D eigenvalue weighted by Gasteiger charge is -2.19. The van der Waals surface area contributed by atoms with E-state index in [2.05, 4.69) is 0 Å². The normalized spacial score (nSPS) is 27.1. The third kappa shape index (κ3) is 1.21. The minimum absolute atomic E-state index is 0.0463. The van der Waals surface area contributed by atoms with Crippen molar-refractivity contribution in [1.29, 1.82) is 0 Å². The SMILES string of the molecule is CN1CC=C(CO)C1CO. The summed E-state index contributed by atoms with van der Waals surface area (Å²) in [6.45, 7) is 1.000. The van der Waals surface area contributed by atoms with Gasteiger partial charge in [-0.3, -0.25) is 4.90 Å². The van der Waals surface area contributed by atoms with Crippen LogP contribution in [0, 0.1) is 0 Å². The lowest BCUT2D eigenvalue weighted by atomic mass is 10.1. The van der Waals surface area contributed by atoms with Crippen LogP contribution in [0.4, 0.5) is 0 Å². The van der Waals surface area contributed by atoms with Crippen LogP contribution >= 0.6 is 0 Å². The molecule has 0 bridgehead atoms. The van der Waals surface area contributed by atoms with E-state index in [9.17, 15) is 0 Å². The Bertz CT molecular complexity index is 145. The highest BCUT2D eigenvalue weighted by atomic mass is 16.3. The average molecular weight is 143 g/mol. The fraction of sp³-hybridized carbons (Fsp3) is 0.714. The summed E-state index contributed by atoms with van der Waals surface area (Å²) in [7, 11) is 1.93. The van der Waals surface area contributed by atoms with Gasteiger partial charge in [-0.1, -0.05) is 6.08 Å². The Morgan fingerprint density at radius 2 is 2.40 bits per heavy atom. The Kier molecular flexibility index (Phi) is 2.43. The number of hydrogen-bond acceptors (Lipinski definition) is 3. The molecule has 0 saturated heterocycles. The number of likely N-dealkylation sites (N-methyl/N-ethyl adjacent to an activating group) is 1. The van der Waals surface area contributed by atoms with Crippen molar-refractivity contribution in [2.75, 3.05) is 26.8 Å². The van der Waals surface area contributed by atoms with Gasteiger partial charge in [0.2, 0.25) is 0 Å². The number of nitrogens with zero attached hydrogens (tertiary/aromatic N) is 1. The molecule has 10 heavy (non-hydrogen) atoms. The van der Waals surface area contributed by atoms with Gasteiger partial charge in [0.25, 0.3) is 0 Å². The predicted molar refractivity (Wildman–Crippen MR) is 38.7 cm³/mol. The molecular formula is C7H13NO2. The van der Waals surface area contributed by atoms with Crippen molar-refractivity contribution >= 4 is 0 Å². The highest BCUT2D eigenvalue weighted by molar-refractivity contribution is 5.17.